The van der Waals surface area contributed by atoms with Crippen molar-refractivity contribution in [2.45, 2.75) is 96.0 Å². The van der Waals surface area contributed by atoms with Crippen LogP contribution in [0.3, 0.4) is 0 Å². The average molecular weight is 693 g/mol. The van der Waals surface area contributed by atoms with E-state index < -0.39 is 11.6 Å². The topological polar surface area (TPSA) is 9.23 Å². The number of fused-ring (bicyclic) bond motifs is 3. The van der Waals surface area contributed by atoms with Crippen molar-refractivity contribution >= 4 is 0 Å². The van der Waals surface area contributed by atoms with Crippen LogP contribution in [-0.4, -0.2) is 6.10 Å². The van der Waals surface area contributed by atoms with Gasteiger partial charge in [0.05, 0.1) is 6.10 Å². The molecule has 2 aromatic rings. The first kappa shape index (κ1) is 23.8. The van der Waals surface area contributed by atoms with Gasteiger partial charge in [-0.15, -0.1) is 0 Å². The average Bonchev–Trinajstić information content (AvgIpc) is 2.80. The molecule has 1 nitrogen and oxygen atoms in total. The molecule has 3 aliphatic carbocycles. The second-order valence-corrected chi connectivity index (χ2v) is 9.65. The molecule has 1 atom stereocenters. The molecule has 2 bridgehead atoms. The molecular weight excluding hydrogens is 657 g/mol. The zero-order valence-electron chi connectivity index (χ0n) is 19.7. The van der Waals surface area contributed by atoms with Gasteiger partial charge >= 0.3 is 0 Å². The van der Waals surface area contributed by atoms with Crippen LogP contribution in [0.5, 0.6) is 5.75 Å². The first-order valence-electron chi connectivity index (χ1n) is 12.1. The summed E-state index contributed by atoms with van der Waals surface area (Å²) in [6.45, 7) is 4.05. The van der Waals surface area contributed by atoms with Crippen molar-refractivity contribution < 1.29 is 13.5 Å². The molecule has 4 heteroatoms. The predicted octanol–water partition coefficient (Wildman–Crippen LogP) is 8.55. The van der Waals surface area contributed by atoms with Gasteiger partial charge in [-0.2, -0.15) is 19.3 Å². The molecule has 2 aromatic carbocycles. The molecule has 0 radical (unpaired) electrons. The summed E-state index contributed by atoms with van der Waals surface area (Å²) in [5.74, 6) is 0.238. The minimum absolute atomic E-state index is 0. The molecule has 0 aliphatic heterocycles. The number of ether oxygens (including phenoxy) is 1. The van der Waals surface area contributed by atoms with Gasteiger partial charge in [0.2, 0.25) is 0 Å². The van der Waals surface area contributed by atoms with E-state index in [0.717, 1.165) is 24.8 Å². The molecule has 0 saturated heterocycles. The SMILES string of the molecule is CCCCCCC(C)Oc1c(F)cc(-c2ccc(C34CC[C-](CC3)CC4)cc2)cc1F.[Rf]. The Bertz CT molecular complexity index is 835. The Labute approximate surface area is 186 Å². The second kappa shape index (κ2) is 10.1. The van der Waals surface area contributed by atoms with Crippen LogP contribution in [0.4, 0.5) is 8.78 Å². The molecule has 0 aromatic heterocycles. The van der Waals surface area contributed by atoms with Gasteiger partial charge in [-0.1, -0.05) is 69.7 Å². The van der Waals surface area contributed by atoms with Gasteiger partial charge in [-0.25, -0.2) is 8.78 Å². The zero-order valence-corrected chi connectivity index (χ0v) is 26.1. The monoisotopic (exact) mass is 692 g/mol. The van der Waals surface area contributed by atoms with Gasteiger partial charge in [0.15, 0.2) is 17.4 Å². The van der Waals surface area contributed by atoms with Gasteiger partial charge in [0, 0.05) is 0 Å². The third-order valence-electron chi connectivity index (χ3n) is 7.48. The van der Waals surface area contributed by atoms with Crippen molar-refractivity contribution in [2.75, 3.05) is 0 Å². The largest absolute Gasteiger partial charge is 0.485 e. The van der Waals surface area contributed by atoms with Gasteiger partial charge < -0.3 is 10.7 Å². The normalized spacial score (nSPS) is 18.2. The third kappa shape index (κ3) is 4.95. The molecule has 170 valence electrons. The second-order valence-electron chi connectivity index (χ2n) is 9.65. The zero-order chi connectivity index (χ0) is 21.8. The quantitative estimate of drug-likeness (QED) is 0.189. The summed E-state index contributed by atoms with van der Waals surface area (Å²) in [6.07, 6.45) is 12.6. The van der Waals surface area contributed by atoms with Crippen LogP contribution in [0.2, 0.25) is 0 Å². The molecule has 0 spiro atoms. The van der Waals surface area contributed by atoms with Crippen LogP contribution in [-0.2, 0) is 5.41 Å². The molecule has 0 amide bonds. The van der Waals surface area contributed by atoms with Crippen LogP contribution in [0.15, 0.2) is 36.4 Å². The van der Waals surface area contributed by atoms with Gasteiger partial charge in [-0.05, 0) is 54.0 Å². The molecule has 3 fully saturated rings. The van der Waals surface area contributed by atoms with Crippen molar-refractivity contribution in [3.8, 4) is 16.9 Å². The van der Waals surface area contributed by atoms with E-state index in [9.17, 15) is 8.78 Å². The number of halogens is 2. The summed E-state index contributed by atoms with van der Waals surface area (Å²) in [5, 5.41) is 0. The number of benzene rings is 2. The molecule has 0 heterocycles. The van der Waals surface area contributed by atoms with E-state index in [1.54, 1.807) is 5.92 Å². The fourth-order valence-corrected chi connectivity index (χ4v) is 5.41. The number of unbranched alkanes of at least 4 members (excludes halogenated alkanes) is 3. The van der Waals surface area contributed by atoms with E-state index in [0.29, 0.717) is 11.0 Å². The van der Waals surface area contributed by atoms with Gasteiger partial charge in [0.1, 0.15) is 0 Å². The van der Waals surface area contributed by atoms with Crippen molar-refractivity contribution in [3.63, 3.8) is 0 Å². The Morgan fingerprint density at radius 2 is 1.50 bits per heavy atom. The Morgan fingerprint density at radius 3 is 2.06 bits per heavy atom. The number of hydrogen-bond donors (Lipinski definition) is 0. The molecule has 0 N–H and O–H groups in total. The summed E-state index contributed by atoms with van der Waals surface area (Å²) in [7, 11) is 0. The summed E-state index contributed by atoms with van der Waals surface area (Å²) < 4.78 is 35.1. The molecule has 3 saturated carbocycles. The predicted molar refractivity (Wildman–Crippen MR) is 123 cm³/mol. The Hall–Kier alpha value is -2.90. The Kier molecular flexibility index (Phi) is 7.53. The molecule has 3 aliphatic rings. The first-order valence-corrected chi connectivity index (χ1v) is 12.1. The summed E-state index contributed by atoms with van der Waals surface area (Å²) in [5.41, 5.74) is 3.09. The van der Waals surface area contributed by atoms with Crippen LogP contribution in [0.25, 0.3) is 11.1 Å². The van der Waals surface area contributed by atoms with Crippen molar-refractivity contribution in [2.24, 2.45) is 0 Å². The first-order chi connectivity index (χ1) is 15.0. The van der Waals surface area contributed by atoms with E-state index in [-0.39, 0.29) is 11.9 Å². The summed E-state index contributed by atoms with van der Waals surface area (Å²) in [4.78, 5) is 0. The van der Waals surface area contributed by atoms with Crippen LogP contribution in [0, 0.1) is 17.6 Å². The Morgan fingerprint density at radius 1 is 0.906 bits per heavy atom. The summed E-state index contributed by atoms with van der Waals surface area (Å²) >= 11 is 0. The van der Waals surface area contributed by atoms with Crippen LogP contribution in [0.1, 0.15) is 90.0 Å². The van der Waals surface area contributed by atoms with Gasteiger partial charge in [-0.3, -0.25) is 0 Å². The maximum absolute atomic E-state index is 14.7. The molecular formula is C28H35F2ORf-. The maximum atomic E-state index is 14.7. The van der Waals surface area contributed by atoms with Crippen LogP contribution >= 0.6 is 0 Å². The summed E-state index contributed by atoms with van der Waals surface area (Å²) in [6, 6.07) is 11.2. The van der Waals surface area contributed by atoms with Crippen molar-refractivity contribution in [3.05, 3.63) is 59.5 Å². The van der Waals surface area contributed by atoms with E-state index in [2.05, 4.69) is 19.1 Å². The molecule has 1 unspecified atom stereocenters. The minimum atomic E-state index is -0.624. The van der Waals surface area contributed by atoms with Crippen molar-refractivity contribution in [1.29, 1.82) is 0 Å². The van der Waals surface area contributed by atoms with E-state index in [4.69, 9.17) is 4.74 Å². The van der Waals surface area contributed by atoms with E-state index >= 15 is 0 Å². The number of rotatable bonds is 9. The Balaban J connectivity index is 0.00000289. The van der Waals surface area contributed by atoms with Gasteiger partial charge in [0.25, 0.3) is 0 Å². The van der Waals surface area contributed by atoms with E-state index in [1.807, 2.05) is 19.1 Å². The minimum Gasteiger partial charge on any atom is -0.485 e. The van der Waals surface area contributed by atoms with Crippen LogP contribution < -0.4 is 4.74 Å². The fourth-order valence-electron chi connectivity index (χ4n) is 5.41. The standard InChI is InChI=1S/C28H35F2O.Rf/c1-3-4-5-6-7-20(2)31-27-25(29)18-23(19-26(27)30)22-8-10-24(11-9-22)28-15-12-21(13-16-28)14-17-28;/h8-11,18-20H,3-7,12-17H2,1-2H3;/q-1;. The molecule has 5 rings (SSSR count). The smallest absolute Gasteiger partial charge is 0.191 e. The van der Waals surface area contributed by atoms with E-state index in [1.165, 1.54) is 69.1 Å². The third-order valence-corrected chi connectivity index (χ3v) is 7.48. The molecule has 32 heavy (non-hydrogen) atoms. The fraction of sp³-hybridized carbons (Fsp3) is 0.536. The van der Waals surface area contributed by atoms with Crippen molar-refractivity contribution in [1.82, 2.24) is 0 Å². The number of hydrogen-bond acceptors (Lipinski definition) is 1. The maximum Gasteiger partial charge on any atom is 0.191 e.